The van der Waals surface area contributed by atoms with Gasteiger partial charge in [-0.15, -0.1) is 0 Å². The summed E-state index contributed by atoms with van der Waals surface area (Å²) in [6.45, 7) is 5.92. The lowest BCUT2D eigenvalue weighted by molar-refractivity contribution is -0.125. The first-order chi connectivity index (χ1) is 7.07. The highest BCUT2D eigenvalue weighted by atomic mass is 16.1. The minimum Gasteiger partial charge on any atom is -0.300 e. The zero-order valence-corrected chi connectivity index (χ0v) is 10.3. The van der Waals surface area contributed by atoms with Gasteiger partial charge in [0.25, 0.3) is 0 Å². The Morgan fingerprint density at radius 3 is 2.13 bits per heavy atom. The van der Waals surface area contributed by atoms with Crippen LogP contribution >= 0.6 is 0 Å². The number of unbranched alkanes of at least 4 members (excludes halogenated alkanes) is 3. The Morgan fingerprint density at radius 1 is 0.933 bits per heavy atom. The summed E-state index contributed by atoms with van der Waals surface area (Å²) >= 11 is 0. The molecule has 15 heavy (non-hydrogen) atoms. The molecular weight excluding hydrogens is 188 g/mol. The van der Waals surface area contributed by atoms with Crippen LogP contribution in [-0.2, 0) is 9.59 Å². The van der Waals surface area contributed by atoms with E-state index < -0.39 is 0 Å². The van der Waals surface area contributed by atoms with E-state index in [-0.39, 0.29) is 17.5 Å². The number of carbonyl (C=O) groups excluding carboxylic acids is 2. The van der Waals surface area contributed by atoms with Crippen LogP contribution in [0.25, 0.3) is 0 Å². The summed E-state index contributed by atoms with van der Waals surface area (Å²) in [4.78, 5) is 22.7. The second kappa shape index (κ2) is 8.63. The van der Waals surface area contributed by atoms with Gasteiger partial charge in [-0.25, -0.2) is 0 Å². The molecule has 0 aromatic carbocycles. The first-order valence-corrected chi connectivity index (χ1v) is 6.12. The normalized spacial score (nSPS) is 10.7. The lowest BCUT2D eigenvalue weighted by atomic mass is 10.0. The Morgan fingerprint density at radius 2 is 1.60 bits per heavy atom. The molecule has 0 unspecified atom stereocenters. The fraction of sp³-hybridized carbons (Fsp3) is 0.846. The summed E-state index contributed by atoms with van der Waals surface area (Å²) in [5.74, 6) is 0.523. The number of hydrogen-bond acceptors (Lipinski definition) is 2. The first kappa shape index (κ1) is 14.3. The fourth-order valence-corrected chi connectivity index (χ4v) is 1.43. The molecule has 0 aromatic heterocycles. The van der Waals surface area contributed by atoms with Crippen LogP contribution in [-0.4, -0.2) is 11.6 Å². The minimum atomic E-state index is 0.0675. The summed E-state index contributed by atoms with van der Waals surface area (Å²) in [5.41, 5.74) is 0. The van der Waals surface area contributed by atoms with Gasteiger partial charge in [-0.1, -0.05) is 40.0 Å². The van der Waals surface area contributed by atoms with Gasteiger partial charge in [-0.3, -0.25) is 9.59 Å². The average Bonchev–Trinajstić information content (AvgIpc) is 2.20. The molecule has 0 fully saturated rings. The quantitative estimate of drug-likeness (QED) is 0.548. The van der Waals surface area contributed by atoms with Gasteiger partial charge in [0.1, 0.15) is 11.6 Å². The summed E-state index contributed by atoms with van der Waals surface area (Å²) in [6, 6.07) is 0. The lowest BCUT2D eigenvalue weighted by Crippen LogP contribution is -2.09. The zero-order valence-electron chi connectivity index (χ0n) is 10.3. The third kappa shape index (κ3) is 8.34. The van der Waals surface area contributed by atoms with E-state index >= 15 is 0 Å². The predicted molar refractivity (Wildman–Crippen MR) is 62.8 cm³/mol. The average molecular weight is 212 g/mol. The van der Waals surface area contributed by atoms with E-state index in [0.717, 1.165) is 12.8 Å². The number of carbonyl (C=O) groups is 2. The topological polar surface area (TPSA) is 34.1 Å². The monoisotopic (exact) mass is 212 g/mol. The van der Waals surface area contributed by atoms with Crippen LogP contribution in [0.15, 0.2) is 0 Å². The molecule has 2 heteroatoms. The van der Waals surface area contributed by atoms with E-state index in [0.29, 0.717) is 19.3 Å². The van der Waals surface area contributed by atoms with E-state index in [4.69, 9.17) is 0 Å². The highest BCUT2D eigenvalue weighted by molar-refractivity contribution is 5.86. The molecule has 0 spiro atoms. The molecule has 0 rings (SSSR count). The largest absolute Gasteiger partial charge is 0.300 e. The van der Waals surface area contributed by atoms with Crippen molar-refractivity contribution in [1.82, 2.24) is 0 Å². The lowest BCUT2D eigenvalue weighted by Gasteiger charge is -2.03. The minimum absolute atomic E-state index is 0.0675. The van der Waals surface area contributed by atoms with Crippen LogP contribution in [0.1, 0.15) is 65.7 Å². The molecular formula is C13H24O2. The molecule has 0 amide bonds. The van der Waals surface area contributed by atoms with Gasteiger partial charge in [-0.05, 0) is 6.42 Å². The van der Waals surface area contributed by atoms with Crippen LogP contribution in [0.2, 0.25) is 0 Å². The standard InChI is InChI=1S/C13H24O2/c1-4-5-6-7-8-12(14)9-10-13(15)11(2)3/h11H,4-10H2,1-3H3. The second-order valence-electron chi connectivity index (χ2n) is 4.47. The van der Waals surface area contributed by atoms with Crippen LogP contribution in [0.3, 0.4) is 0 Å². The van der Waals surface area contributed by atoms with Crippen molar-refractivity contribution in [3.63, 3.8) is 0 Å². The van der Waals surface area contributed by atoms with E-state index in [1.165, 1.54) is 12.8 Å². The maximum Gasteiger partial charge on any atom is 0.135 e. The van der Waals surface area contributed by atoms with Gasteiger partial charge >= 0.3 is 0 Å². The van der Waals surface area contributed by atoms with Gasteiger partial charge in [0.15, 0.2) is 0 Å². The van der Waals surface area contributed by atoms with Crippen LogP contribution in [0, 0.1) is 5.92 Å². The number of rotatable bonds is 9. The number of ketones is 2. The molecule has 2 nitrogen and oxygen atoms in total. The van der Waals surface area contributed by atoms with Crippen LogP contribution < -0.4 is 0 Å². The van der Waals surface area contributed by atoms with Crippen molar-refractivity contribution in [1.29, 1.82) is 0 Å². The van der Waals surface area contributed by atoms with Crippen molar-refractivity contribution in [3.8, 4) is 0 Å². The Bertz CT molecular complexity index is 195. The fourth-order valence-electron chi connectivity index (χ4n) is 1.43. The Balaban J connectivity index is 3.45. The van der Waals surface area contributed by atoms with Crippen molar-refractivity contribution in [3.05, 3.63) is 0 Å². The summed E-state index contributed by atoms with van der Waals surface area (Å²) in [6.07, 6.45) is 6.07. The first-order valence-electron chi connectivity index (χ1n) is 6.12. The molecule has 0 radical (unpaired) electrons. The van der Waals surface area contributed by atoms with Gasteiger partial charge in [-0.2, -0.15) is 0 Å². The smallest absolute Gasteiger partial charge is 0.135 e. The van der Waals surface area contributed by atoms with Gasteiger partial charge in [0.2, 0.25) is 0 Å². The maximum absolute atomic E-state index is 11.4. The van der Waals surface area contributed by atoms with Gasteiger partial charge in [0, 0.05) is 25.2 Å². The molecule has 0 atom stereocenters. The molecule has 0 aliphatic carbocycles. The van der Waals surface area contributed by atoms with Crippen molar-refractivity contribution in [2.45, 2.75) is 65.7 Å². The highest BCUT2D eigenvalue weighted by Crippen LogP contribution is 2.07. The van der Waals surface area contributed by atoms with E-state index in [2.05, 4.69) is 6.92 Å². The van der Waals surface area contributed by atoms with E-state index in [1.54, 1.807) is 0 Å². The predicted octanol–water partition coefficient (Wildman–Crippen LogP) is 3.53. The second-order valence-corrected chi connectivity index (χ2v) is 4.47. The molecule has 88 valence electrons. The number of Topliss-reactive ketones (excluding diaryl/α,β-unsaturated/α-hetero) is 2. The molecule has 0 heterocycles. The molecule has 0 saturated heterocycles. The van der Waals surface area contributed by atoms with Crippen molar-refractivity contribution >= 4 is 11.6 Å². The SMILES string of the molecule is CCCCCCC(=O)CCC(=O)C(C)C. The highest BCUT2D eigenvalue weighted by Gasteiger charge is 2.09. The molecule has 0 aliphatic heterocycles. The summed E-state index contributed by atoms with van der Waals surface area (Å²) < 4.78 is 0. The third-order valence-electron chi connectivity index (χ3n) is 2.60. The zero-order chi connectivity index (χ0) is 11.7. The van der Waals surface area contributed by atoms with Gasteiger partial charge in [0.05, 0.1) is 0 Å². The molecule has 0 aromatic rings. The van der Waals surface area contributed by atoms with Crippen molar-refractivity contribution in [2.24, 2.45) is 5.92 Å². The van der Waals surface area contributed by atoms with Gasteiger partial charge < -0.3 is 0 Å². The summed E-state index contributed by atoms with van der Waals surface area (Å²) in [7, 11) is 0. The van der Waals surface area contributed by atoms with Crippen LogP contribution in [0.4, 0.5) is 0 Å². The third-order valence-corrected chi connectivity index (χ3v) is 2.60. The van der Waals surface area contributed by atoms with E-state index in [1.807, 2.05) is 13.8 Å². The maximum atomic E-state index is 11.4. The molecule has 0 bridgehead atoms. The Labute approximate surface area is 93.4 Å². The molecule has 0 aliphatic rings. The summed E-state index contributed by atoms with van der Waals surface area (Å²) in [5, 5.41) is 0. The molecule has 0 saturated carbocycles. The molecule has 0 N–H and O–H groups in total. The van der Waals surface area contributed by atoms with Crippen LogP contribution in [0.5, 0.6) is 0 Å². The Kier molecular flexibility index (Phi) is 8.25. The van der Waals surface area contributed by atoms with E-state index in [9.17, 15) is 9.59 Å². The number of hydrogen-bond donors (Lipinski definition) is 0. The Hall–Kier alpha value is -0.660. The van der Waals surface area contributed by atoms with Crippen molar-refractivity contribution in [2.75, 3.05) is 0 Å². The van der Waals surface area contributed by atoms with Crippen molar-refractivity contribution < 1.29 is 9.59 Å².